The molecule has 0 aliphatic rings. The average molecular weight is 263 g/mol. The van der Waals surface area contributed by atoms with Gasteiger partial charge in [0.05, 0.1) is 0 Å². The first-order valence-corrected chi connectivity index (χ1v) is 6.34. The van der Waals surface area contributed by atoms with Gasteiger partial charge in [-0.15, -0.1) is 0 Å². The van der Waals surface area contributed by atoms with Gasteiger partial charge in [-0.2, -0.15) is 0 Å². The zero-order valence-corrected chi connectivity index (χ0v) is 11.1. The monoisotopic (exact) mass is 263 g/mol. The molecule has 0 aliphatic carbocycles. The van der Waals surface area contributed by atoms with Crippen LogP contribution in [-0.4, -0.2) is 6.04 Å². The van der Waals surface area contributed by atoms with Gasteiger partial charge in [0.15, 0.2) is 6.10 Å². The van der Waals surface area contributed by atoms with E-state index in [9.17, 15) is 4.39 Å². The van der Waals surface area contributed by atoms with Crippen molar-refractivity contribution in [1.29, 1.82) is 0 Å². The lowest BCUT2D eigenvalue weighted by Crippen LogP contribution is -2.31. The number of benzene rings is 1. The van der Waals surface area contributed by atoms with Crippen molar-refractivity contribution in [2.45, 2.75) is 32.4 Å². The third kappa shape index (κ3) is 3.35. The summed E-state index contributed by atoms with van der Waals surface area (Å²) in [6.07, 6.45) is 0.384. The van der Waals surface area contributed by atoms with Crippen molar-refractivity contribution in [1.82, 2.24) is 0 Å². The normalized spacial score (nSPS) is 14.1. The van der Waals surface area contributed by atoms with E-state index in [-0.39, 0.29) is 18.0 Å². The van der Waals surface area contributed by atoms with Crippen LogP contribution >= 0.6 is 0 Å². The minimum atomic E-state index is -0.371. The Bertz CT molecular complexity index is 521. The van der Waals surface area contributed by atoms with Gasteiger partial charge in [-0.1, -0.05) is 6.92 Å². The van der Waals surface area contributed by atoms with Gasteiger partial charge in [0.1, 0.15) is 23.1 Å². The molecule has 102 valence electrons. The van der Waals surface area contributed by atoms with E-state index in [4.69, 9.17) is 14.9 Å². The van der Waals surface area contributed by atoms with Crippen molar-refractivity contribution in [3.8, 4) is 5.75 Å². The number of hydrogen-bond acceptors (Lipinski definition) is 3. The molecule has 2 aromatic rings. The van der Waals surface area contributed by atoms with E-state index in [0.29, 0.717) is 11.5 Å². The minimum absolute atomic E-state index is 0.185. The highest BCUT2D eigenvalue weighted by molar-refractivity contribution is 5.24. The minimum Gasteiger partial charge on any atom is -0.481 e. The largest absolute Gasteiger partial charge is 0.481 e. The SMILES string of the molecule is CCC(N)C(Oc1ccc(F)cc1)c1ccc(C)o1. The summed E-state index contributed by atoms with van der Waals surface area (Å²) in [4.78, 5) is 0. The van der Waals surface area contributed by atoms with E-state index in [1.54, 1.807) is 12.1 Å². The van der Waals surface area contributed by atoms with Gasteiger partial charge in [0, 0.05) is 6.04 Å². The molecular formula is C15H18FNO2. The highest BCUT2D eigenvalue weighted by Gasteiger charge is 2.23. The molecule has 1 aromatic carbocycles. The molecule has 1 heterocycles. The number of halogens is 1. The smallest absolute Gasteiger partial charge is 0.171 e. The van der Waals surface area contributed by atoms with Crippen LogP contribution in [0.15, 0.2) is 40.8 Å². The Hall–Kier alpha value is -1.81. The lowest BCUT2D eigenvalue weighted by Gasteiger charge is -2.22. The van der Waals surface area contributed by atoms with E-state index in [2.05, 4.69) is 0 Å². The Morgan fingerprint density at radius 2 is 1.89 bits per heavy atom. The summed E-state index contributed by atoms with van der Waals surface area (Å²) in [6.45, 7) is 3.86. The van der Waals surface area contributed by atoms with Crippen LogP contribution < -0.4 is 10.5 Å². The number of ether oxygens (including phenoxy) is 1. The standard InChI is InChI=1S/C15H18FNO2/c1-3-13(17)15(14-9-4-10(2)18-14)19-12-7-5-11(16)6-8-12/h4-9,13,15H,3,17H2,1-2H3. The van der Waals surface area contributed by atoms with Crippen LogP contribution in [0.4, 0.5) is 4.39 Å². The fourth-order valence-electron chi connectivity index (χ4n) is 1.84. The zero-order chi connectivity index (χ0) is 13.8. The molecule has 4 heteroatoms. The molecule has 2 N–H and O–H groups in total. The van der Waals surface area contributed by atoms with Crippen molar-refractivity contribution >= 4 is 0 Å². The Labute approximate surface area is 112 Å². The van der Waals surface area contributed by atoms with Crippen molar-refractivity contribution in [3.63, 3.8) is 0 Å². The Morgan fingerprint density at radius 3 is 2.42 bits per heavy atom. The van der Waals surface area contributed by atoms with Crippen LogP contribution in [0.5, 0.6) is 5.75 Å². The molecule has 2 unspecified atom stereocenters. The molecule has 0 fully saturated rings. The molecule has 0 saturated heterocycles. The van der Waals surface area contributed by atoms with Crippen LogP contribution in [0.3, 0.4) is 0 Å². The van der Waals surface area contributed by atoms with Crippen LogP contribution in [0, 0.1) is 12.7 Å². The number of rotatable bonds is 5. The van der Waals surface area contributed by atoms with Gasteiger partial charge in [-0.05, 0) is 49.7 Å². The fourth-order valence-corrected chi connectivity index (χ4v) is 1.84. The summed E-state index contributed by atoms with van der Waals surface area (Å²) in [5.74, 6) is 1.78. The molecule has 0 bridgehead atoms. The summed E-state index contributed by atoms with van der Waals surface area (Å²) in [6, 6.07) is 9.43. The van der Waals surface area contributed by atoms with Crippen molar-refractivity contribution < 1.29 is 13.5 Å². The second kappa shape index (κ2) is 5.89. The summed E-state index contributed by atoms with van der Waals surface area (Å²) in [7, 11) is 0. The lowest BCUT2D eigenvalue weighted by atomic mass is 10.1. The molecule has 0 spiro atoms. The van der Waals surface area contributed by atoms with Gasteiger partial charge in [0.2, 0.25) is 0 Å². The van der Waals surface area contributed by atoms with Gasteiger partial charge in [-0.25, -0.2) is 4.39 Å². The highest BCUT2D eigenvalue weighted by atomic mass is 19.1. The molecule has 19 heavy (non-hydrogen) atoms. The Morgan fingerprint density at radius 1 is 1.21 bits per heavy atom. The van der Waals surface area contributed by atoms with Gasteiger partial charge >= 0.3 is 0 Å². The van der Waals surface area contributed by atoms with Crippen LogP contribution in [0.25, 0.3) is 0 Å². The fraction of sp³-hybridized carbons (Fsp3) is 0.333. The quantitative estimate of drug-likeness (QED) is 0.896. The van der Waals surface area contributed by atoms with Crippen LogP contribution in [0.2, 0.25) is 0 Å². The third-order valence-corrected chi connectivity index (χ3v) is 2.98. The van der Waals surface area contributed by atoms with Crippen molar-refractivity contribution in [3.05, 3.63) is 53.7 Å². The maximum absolute atomic E-state index is 12.9. The predicted molar refractivity (Wildman–Crippen MR) is 71.5 cm³/mol. The second-order valence-electron chi connectivity index (χ2n) is 4.51. The molecule has 2 rings (SSSR count). The number of aryl methyl sites for hydroxylation is 1. The summed E-state index contributed by atoms with van der Waals surface area (Å²) < 4.78 is 24.3. The lowest BCUT2D eigenvalue weighted by molar-refractivity contribution is 0.143. The highest BCUT2D eigenvalue weighted by Crippen LogP contribution is 2.27. The maximum Gasteiger partial charge on any atom is 0.171 e. The second-order valence-corrected chi connectivity index (χ2v) is 4.51. The summed E-state index contributed by atoms with van der Waals surface area (Å²) >= 11 is 0. The van der Waals surface area contributed by atoms with E-state index in [1.807, 2.05) is 26.0 Å². The predicted octanol–water partition coefficient (Wildman–Crippen LogP) is 3.58. The van der Waals surface area contributed by atoms with Gasteiger partial charge < -0.3 is 14.9 Å². The number of nitrogens with two attached hydrogens (primary N) is 1. The van der Waals surface area contributed by atoms with Crippen molar-refractivity contribution in [2.24, 2.45) is 5.73 Å². The van der Waals surface area contributed by atoms with E-state index >= 15 is 0 Å². The van der Waals surface area contributed by atoms with E-state index in [0.717, 1.165) is 12.2 Å². The molecule has 1 aromatic heterocycles. The molecular weight excluding hydrogens is 245 g/mol. The Balaban J connectivity index is 2.21. The number of hydrogen-bond donors (Lipinski definition) is 1. The molecule has 0 saturated carbocycles. The molecule has 3 nitrogen and oxygen atoms in total. The molecule has 0 aliphatic heterocycles. The van der Waals surface area contributed by atoms with Crippen molar-refractivity contribution in [2.75, 3.05) is 0 Å². The van der Waals surface area contributed by atoms with Gasteiger partial charge in [0.25, 0.3) is 0 Å². The third-order valence-electron chi connectivity index (χ3n) is 2.98. The first-order chi connectivity index (χ1) is 9.10. The average Bonchev–Trinajstić information content (AvgIpc) is 2.83. The maximum atomic E-state index is 12.9. The van der Waals surface area contributed by atoms with E-state index < -0.39 is 0 Å². The zero-order valence-electron chi connectivity index (χ0n) is 11.1. The van der Waals surface area contributed by atoms with Gasteiger partial charge in [-0.3, -0.25) is 0 Å². The molecule has 2 atom stereocenters. The summed E-state index contributed by atoms with van der Waals surface area (Å²) in [5.41, 5.74) is 6.08. The van der Waals surface area contributed by atoms with Crippen LogP contribution in [0.1, 0.15) is 31.0 Å². The molecule has 0 amide bonds. The van der Waals surface area contributed by atoms with E-state index in [1.165, 1.54) is 12.1 Å². The summed E-state index contributed by atoms with van der Waals surface area (Å²) in [5, 5.41) is 0. The topological polar surface area (TPSA) is 48.4 Å². The number of furan rings is 1. The first-order valence-electron chi connectivity index (χ1n) is 6.34. The van der Waals surface area contributed by atoms with Crippen LogP contribution in [-0.2, 0) is 0 Å². The first kappa shape index (κ1) is 13.6. The Kier molecular flexibility index (Phi) is 4.22. The molecule has 0 radical (unpaired) electrons.